The molecule has 37 heavy (non-hydrogen) atoms. The van der Waals surface area contributed by atoms with Gasteiger partial charge in [0.15, 0.2) is 11.5 Å². The average molecular weight is 512 g/mol. The Morgan fingerprint density at radius 2 is 1.65 bits per heavy atom. The molecule has 6 nitrogen and oxygen atoms in total. The number of nitrogens with one attached hydrogen (secondary N) is 1. The van der Waals surface area contributed by atoms with E-state index >= 15 is 0 Å². The van der Waals surface area contributed by atoms with Crippen LogP contribution in [-0.2, 0) is 6.61 Å². The molecule has 0 aliphatic carbocycles. The van der Waals surface area contributed by atoms with Crippen LogP contribution in [0.3, 0.4) is 0 Å². The molecule has 1 atom stereocenters. The van der Waals surface area contributed by atoms with E-state index in [4.69, 9.17) is 14.2 Å². The fourth-order valence-corrected chi connectivity index (χ4v) is 5.19. The van der Waals surface area contributed by atoms with E-state index in [1.54, 1.807) is 25.6 Å². The molecule has 2 heterocycles. The van der Waals surface area contributed by atoms with Gasteiger partial charge < -0.3 is 19.5 Å². The minimum absolute atomic E-state index is 0.0434. The van der Waals surface area contributed by atoms with E-state index in [1.807, 2.05) is 49.4 Å². The van der Waals surface area contributed by atoms with Crippen molar-refractivity contribution < 1.29 is 14.2 Å². The van der Waals surface area contributed by atoms with Crippen molar-refractivity contribution in [2.45, 2.75) is 26.5 Å². The third-order valence-corrected chi connectivity index (χ3v) is 7.40. The van der Waals surface area contributed by atoms with Gasteiger partial charge in [0, 0.05) is 21.2 Å². The topological polar surface area (TPSA) is 65.5 Å². The predicted molar refractivity (Wildman–Crippen MR) is 150 cm³/mol. The van der Waals surface area contributed by atoms with Gasteiger partial charge in [-0.3, -0.25) is 0 Å². The number of thiophene rings is 1. The molecule has 0 radical (unpaired) electrons. The number of aromatic nitrogens is 2. The van der Waals surface area contributed by atoms with E-state index in [9.17, 15) is 0 Å². The van der Waals surface area contributed by atoms with Gasteiger partial charge in [-0.2, -0.15) is 0 Å². The molecule has 0 unspecified atom stereocenters. The van der Waals surface area contributed by atoms with E-state index in [-0.39, 0.29) is 6.04 Å². The smallest absolute Gasteiger partial charge is 0.162 e. The highest BCUT2D eigenvalue weighted by molar-refractivity contribution is 7.15. The van der Waals surface area contributed by atoms with Crippen LogP contribution in [0.15, 0.2) is 78.9 Å². The first kappa shape index (κ1) is 24.6. The summed E-state index contributed by atoms with van der Waals surface area (Å²) in [7, 11) is 3.25. The normalized spacial score (nSPS) is 11.8. The van der Waals surface area contributed by atoms with Crippen LogP contribution >= 0.6 is 11.3 Å². The van der Waals surface area contributed by atoms with Crippen molar-refractivity contribution in [2.75, 3.05) is 19.5 Å². The number of anilines is 1. The monoisotopic (exact) mass is 511 g/mol. The molecule has 0 spiro atoms. The van der Waals surface area contributed by atoms with Gasteiger partial charge >= 0.3 is 0 Å². The molecule has 5 rings (SSSR count). The van der Waals surface area contributed by atoms with Gasteiger partial charge in [0.1, 0.15) is 24.0 Å². The van der Waals surface area contributed by atoms with Gasteiger partial charge in [0.2, 0.25) is 0 Å². The SMILES string of the molecule is COc1cc2nc(C)nc(N[C@@H](C)c3ccc(-c4cccc(OCc5ccccc5)c4)s3)c2cc1OC. The fourth-order valence-electron chi connectivity index (χ4n) is 4.18. The Hall–Kier alpha value is -4.10. The first-order chi connectivity index (χ1) is 18.0. The number of methoxy groups -OCH3 is 2. The van der Waals surface area contributed by atoms with Crippen LogP contribution in [0.25, 0.3) is 21.3 Å². The van der Waals surface area contributed by atoms with Crippen molar-refractivity contribution in [3.05, 3.63) is 95.1 Å². The Bertz CT molecular complexity index is 1520. The summed E-state index contributed by atoms with van der Waals surface area (Å²) in [6, 6.07) is 26.6. The van der Waals surface area contributed by atoms with Gasteiger partial charge in [-0.05, 0) is 55.3 Å². The Kier molecular flexibility index (Phi) is 7.23. The van der Waals surface area contributed by atoms with Gasteiger partial charge in [-0.25, -0.2) is 9.97 Å². The lowest BCUT2D eigenvalue weighted by molar-refractivity contribution is 0.306. The van der Waals surface area contributed by atoms with Gasteiger partial charge in [-0.1, -0.05) is 42.5 Å². The maximum atomic E-state index is 6.03. The molecular weight excluding hydrogens is 482 g/mol. The number of fused-ring (bicyclic) bond motifs is 1. The summed E-state index contributed by atoms with van der Waals surface area (Å²) in [5.41, 5.74) is 3.09. The number of aryl methyl sites for hydroxylation is 1. The van der Waals surface area contributed by atoms with Crippen LogP contribution in [0.2, 0.25) is 0 Å². The molecule has 0 fully saturated rings. The van der Waals surface area contributed by atoms with Crippen LogP contribution < -0.4 is 19.5 Å². The molecule has 2 aromatic heterocycles. The van der Waals surface area contributed by atoms with Crippen molar-refractivity contribution >= 4 is 28.1 Å². The van der Waals surface area contributed by atoms with Crippen molar-refractivity contribution in [3.63, 3.8) is 0 Å². The van der Waals surface area contributed by atoms with Crippen molar-refractivity contribution in [1.29, 1.82) is 0 Å². The van der Waals surface area contributed by atoms with Crippen molar-refractivity contribution in [1.82, 2.24) is 9.97 Å². The van der Waals surface area contributed by atoms with E-state index in [1.165, 1.54) is 9.75 Å². The van der Waals surface area contributed by atoms with Crippen LogP contribution in [-0.4, -0.2) is 24.2 Å². The molecular formula is C30H29N3O3S. The molecule has 0 amide bonds. The number of benzene rings is 3. The van der Waals surface area contributed by atoms with Crippen molar-refractivity contribution in [3.8, 4) is 27.7 Å². The Morgan fingerprint density at radius 3 is 2.43 bits per heavy atom. The summed E-state index contributed by atoms with van der Waals surface area (Å²) < 4.78 is 17.0. The first-order valence-corrected chi connectivity index (χ1v) is 12.9. The molecule has 7 heteroatoms. The van der Waals surface area contributed by atoms with Crippen LogP contribution in [0.4, 0.5) is 5.82 Å². The van der Waals surface area contributed by atoms with E-state index in [0.29, 0.717) is 23.9 Å². The second-order valence-corrected chi connectivity index (χ2v) is 9.83. The molecule has 1 N–H and O–H groups in total. The molecule has 3 aromatic carbocycles. The summed E-state index contributed by atoms with van der Waals surface area (Å²) in [5.74, 6) is 3.60. The summed E-state index contributed by atoms with van der Waals surface area (Å²) in [4.78, 5) is 11.7. The largest absolute Gasteiger partial charge is 0.493 e. The summed E-state index contributed by atoms with van der Waals surface area (Å²) in [6.07, 6.45) is 0. The van der Waals surface area contributed by atoms with E-state index < -0.39 is 0 Å². The molecule has 0 saturated heterocycles. The summed E-state index contributed by atoms with van der Waals surface area (Å²) in [5, 5.41) is 4.47. The van der Waals surface area contributed by atoms with Crippen LogP contribution in [0.1, 0.15) is 29.2 Å². The molecule has 0 aliphatic heterocycles. The van der Waals surface area contributed by atoms with Crippen LogP contribution in [0.5, 0.6) is 17.2 Å². The number of ether oxygens (including phenoxy) is 3. The molecule has 0 bridgehead atoms. The zero-order valence-corrected chi connectivity index (χ0v) is 22.1. The Morgan fingerprint density at radius 1 is 0.865 bits per heavy atom. The lowest BCUT2D eigenvalue weighted by atomic mass is 10.1. The average Bonchev–Trinajstić information content (AvgIpc) is 3.43. The van der Waals surface area contributed by atoms with Crippen molar-refractivity contribution in [2.24, 2.45) is 0 Å². The highest BCUT2D eigenvalue weighted by Gasteiger charge is 2.16. The molecule has 0 aliphatic rings. The fraction of sp³-hybridized carbons (Fsp3) is 0.200. The summed E-state index contributed by atoms with van der Waals surface area (Å²) >= 11 is 1.75. The minimum atomic E-state index is 0.0434. The maximum absolute atomic E-state index is 6.03. The lowest BCUT2D eigenvalue weighted by Crippen LogP contribution is -2.08. The number of nitrogens with zero attached hydrogens (tertiary/aromatic N) is 2. The maximum Gasteiger partial charge on any atom is 0.162 e. The third-order valence-electron chi connectivity index (χ3n) is 6.09. The number of hydrogen-bond donors (Lipinski definition) is 1. The van der Waals surface area contributed by atoms with Gasteiger partial charge in [0.05, 0.1) is 25.8 Å². The van der Waals surface area contributed by atoms with Crippen LogP contribution in [0, 0.1) is 6.92 Å². The van der Waals surface area contributed by atoms with E-state index in [2.05, 4.69) is 58.6 Å². The second kappa shape index (κ2) is 10.9. The predicted octanol–water partition coefficient (Wildman–Crippen LogP) is 7.44. The summed E-state index contributed by atoms with van der Waals surface area (Å²) in [6.45, 7) is 4.57. The second-order valence-electron chi connectivity index (χ2n) is 8.71. The first-order valence-electron chi connectivity index (χ1n) is 12.1. The zero-order chi connectivity index (χ0) is 25.8. The zero-order valence-electron chi connectivity index (χ0n) is 21.3. The minimum Gasteiger partial charge on any atom is -0.493 e. The number of hydrogen-bond acceptors (Lipinski definition) is 7. The Balaban J connectivity index is 1.35. The molecule has 0 saturated carbocycles. The standard InChI is InChI=1S/C30H29N3O3S/c1-19(31-30-24-16-26(34-3)27(35-4)17-25(24)32-20(2)33-30)28-13-14-29(37-28)22-11-8-12-23(15-22)36-18-21-9-6-5-7-10-21/h5-17,19H,18H2,1-4H3,(H,31,32,33)/t19-/m0/s1. The van der Waals surface area contributed by atoms with Gasteiger partial charge in [0.25, 0.3) is 0 Å². The lowest BCUT2D eigenvalue weighted by Gasteiger charge is -2.16. The molecule has 5 aromatic rings. The number of rotatable bonds is 9. The third kappa shape index (κ3) is 5.52. The highest BCUT2D eigenvalue weighted by Crippen LogP contribution is 2.37. The molecule has 188 valence electrons. The Labute approximate surface area is 220 Å². The highest BCUT2D eigenvalue weighted by atomic mass is 32.1. The van der Waals surface area contributed by atoms with E-state index in [0.717, 1.165) is 33.6 Å². The quantitative estimate of drug-likeness (QED) is 0.222. The van der Waals surface area contributed by atoms with Gasteiger partial charge in [-0.15, -0.1) is 11.3 Å².